The molecule has 8 heteroatoms. The molecule has 33 heavy (non-hydrogen) atoms. The van der Waals surface area contributed by atoms with E-state index in [1.807, 2.05) is 6.07 Å². The van der Waals surface area contributed by atoms with Crippen LogP contribution in [0.1, 0.15) is 38.8 Å². The molecule has 8 nitrogen and oxygen atoms in total. The zero-order valence-corrected chi connectivity index (χ0v) is 18.8. The predicted molar refractivity (Wildman–Crippen MR) is 122 cm³/mol. The number of aryl methyl sites for hydroxylation is 1. The fourth-order valence-corrected chi connectivity index (χ4v) is 3.04. The van der Waals surface area contributed by atoms with Crippen LogP contribution in [0.3, 0.4) is 0 Å². The minimum atomic E-state index is -0.581. The van der Waals surface area contributed by atoms with Crippen molar-refractivity contribution in [2.75, 3.05) is 20.8 Å². The van der Waals surface area contributed by atoms with Crippen molar-refractivity contribution in [2.24, 2.45) is 0 Å². The normalized spacial score (nSPS) is 9.94. The highest BCUT2D eigenvalue weighted by molar-refractivity contribution is 6.12. The molecule has 3 rings (SSSR count). The molecule has 0 unspecified atom stereocenters. The van der Waals surface area contributed by atoms with Crippen molar-refractivity contribution >= 4 is 11.8 Å². The van der Waals surface area contributed by atoms with E-state index in [0.717, 1.165) is 6.07 Å². The van der Waals surface area contributed by atoms with Crippen LogP contribution in [0.15, 0.2) is 54.6 Å². The van der Waals surface area contributed by atoms with Crippen molar-refractivity contribution in [3.8, 4) is 28.7 Å². The summed E-state index contributed by atoms with van der Waals surface area (Å²) in [7, 11) is 2.92. The van der Waals surface area contributed by atoms with Crippen LogP contribution in [-0.4, -0.2) is 47.9 Å². The van der Waals surface area contributed by atoms with E-state index in [0.29, 0.717) is 16.9 Å². The van der Waals surface area contributed by atoms with Crippen molar-refractivity contribution in [3.05, 3.63) is 76.9 Å². The lowest BCUT2D eigenvalue weighted by atomic mass is 10.0. The van der Waals surface area contributed by atoms with E-state index < -0.39 is 5.97 Å². The van der Waals surface area contributed by atoms with Crippen LogP contribution in [0, 0.1) is 6.92 Å². The molecule has 0 bridgehead atoms. The molecule has 0 aromatic heterocycles. The summed E-state index contributed by atoms with van der Waals surface area (Å²) in [5, 5.41) is 28.5. The molecule has 0 saturated carbocycles. The SMILES string of the molecule is CCOC(=O)c1c(C)cc(O)cc1O.COc1cc(O)c(C(=O)c2ccccc2)c(OC)c1. The van der Waals surface area contributed by atoms with E-state index in [1.54, 1.807) is 44.2 Å². The number of hydrogen-bond acceptors (Lipinski definition) is 8. The van der Waals surface area contributed by atoms with Gasteiger partial charge in [0.1, 0.15) is 39.9 Å². The van der Waals surface area contributed by atoms with Crippen LogP contribution < -0.4 is 9.47 Å². The van der Waals surface area contributed by atoms with Gasteiger partial charge < -0.3 is 29.5 Å². The molecule has 3 N–H and O–H groups in total. The largest absolute Gasteiger partial charge is 0.508 e. The van der Waals surface area contributed by atoms with Gasteiger partial charge in [-0.05, 0) is 25.5 Å². The van der Waals surface area contributed by atoms with Gasteiger partial charge in [-0.3, -0.25) is 4.79 Å². The standard InChI is InChI=1S/C15H14O4.C10H12O4/c1-18-11-8-12(16)14(13(9-11)19-2)15(17)10-6-4-3-5-7-10;1-3-14-10(13)9-6(2)4-7(11)5-8(9)12/h3-9,16H,1-2H3;4-5,11-12H,3H2,1-2H3. The molecular weight excluding hydrogens is 428 g/mol. The van der Waals surface area contributed by atoms with Gasteiger partial charge in [-0.15, -0.1) is 0 Å². The second-order valence-electron chi connectivity index (χ2n) is 6.80. The van der Waals surface area contributed by atoms with Crippen molar-refractivity contribution in [2.45, 2.75) is 13.8 Å². The Morgan fingerprint density at radius 2 is 1.48 bits per heavy atom. The monoisotopic (exact) mass is 454 g/mol. The van der Waals surface area contributed by atoms with Gasteiger partial charge in [0.15, 0.2) is 0 Å². The zero-order valence-electron chi connectivity index (χ0n) is 18.8. The van der Waals surface area contributed by atoms with Crippen molar-refractivity contribution < 1.29 is 39.1 Å². The van der Waals surface area contributed by atoms with Crippen LogP contribution in [-0.2, 0) is 4.74 Å². The molecule has 0 aliphatic rings. The smallest absolute Gasteiger partial charge is 0.342 e. The number of rotatable bonds is 6. The summed E-state index contributed by atoms with van der Waals surface area (Å²) in [6.07, 6.45) is 0. The van der Waals surface area contributed by atoms with Gasteiger partial charge in [0.2, 0.25) is 5.78 Å². The maximum atomic E-state index is 12.4. The van der Waals surface area contributed by atoms with Crippen LogP contribution in [0.25, 0.3) is 0 Å². The van der Waals surface area contributed by atoms with Crippen LogP contribution in [0.2, 0.25) is 0 Å². The van der Waals surface area contributed by atoms with E-state index in [9.17, 15) is 19.8 Å². The molecule has 0 heterocycles. The summed E-state index contributed by atoms with van der Waals surface area (Å²) in [5.74, 6) is -0.663. The van der Waals surface area contributed by atoms with Gasteiger partial charge >= 0.3 is 5.97 Å². The number of ether oxygens (including phenoxy) is 3. The molecule has 3 aromatic rings. The Balaban J connectivity index is 0.000000245. The maximum Gasteiger partial charge on any atom is 0.342 e. The first-order valence-electron chi connectivity index (χ1n) is 9.97. The first-order valence-corrected chi connectivity index (χ1v) is 9.97. The molecule has 0 aliphatic carbocycles. The van der Waals surface area contributed by atoms with Crippen LogP contribution >= 0.6 is 0 Å². The number of carbonyl (C=O) groups excluding carboxylic acids is 2. The molecule has 0 fully saturated rings. The lowest BCUT2D eigenvalue weighted by Crippen LogP contribution is -2.06. The summed E-state index contributed by atoms with van der Waals surface area (Å²) < 4.78 is 14.9. The molecule has 3 aromatic carbocycles. The fourth-order valence-electron chi connectivity index (χ4n) is 3.04. The third-order valence-electron chi connectivity index (χ3n) is 4.55. The number of hydrogen-bond donors (Lipinski definition) is 3. The highest BCUT2D eigenvalue weighted by atomic mass is 16.5. The predicted octanol–water partition coefficient (Wildman–Crippen LogP) is 4.22. The number of carbonyl (C=O) groups is 2. The molecule has 174 valence electrons. The van der Waals surface area contributed by atoms with Gasteiger partial charge in [0.05, 0.1) is 20.8 Å². The van der Waals surface area contributed by atoms with E-state index in [1.165, 1.54) is 26.4 Å². The Hall–Kier alpha value is -4.20. The van der Waals surface area contributed by atoms with Gasteiger partial charge in [-0.1, -0.05) is 30.3 Å². The number of phenols is 3. The lowest BCUT2D eigenvalue weighted by Gasteiger charge is -2.11. The minimum Gasteiger partial charge on any atom is -0.508 e. The van der Waals surface area contributed by atoms with Crippen LogP contribution in [0.4, 0.5) is 0 Å². The Labute approximate surface area is 191 Å². The van der Waals surface area contributed by atoms with E-state index in [2.05, 4.69) is 0 Å². The van der Waals surface area contributed by atoms with Gasteiger partial charge in [0, 0.05) is 23.8 Å². The van der Waals surface area contributed by atoms with Crippen molar-refractivity contribution in [1.29, 1.82) is 0 Å². The average Bonchev–Trinajstić information content (AvgIpc) is 2.78. The molecule has 0 spiro atoms. The Bertz CT molecular complexity index is 1100. The highest BCUT2D eigenvalue weighted by Crippen LogP contribution is 2.34. The number of aromatic hydroxyl groups is 3. The molecule has 0 radical (unpaired) electrons. The molecule has 0 saturated heterocycles. The maximum absolute atomic E-state index is 12.4. The molecule has 0 aliphatic heterocycles. The van der Waals surface area contributed by atoms with Crippen molar-refractivity contribution in [1.82, 2.24) is 0 Å². The quantitative estimate of drug-likeness (QED) is 0.374. The lowest BCUT2D eigenvalue weighted by molar-refractivity contribution is 0.0522. The Morgan fingerprint density at radius 3 is 2.03 bits per heavy atom. The van der Waals surface area contributed by atoms with Crippen LogP contribution in [0.5, 0.6) is 28.7 Å². The zero-order chi connectivity index (χ0) is 24.5. The van der Waals surface area contributed by atoms with E-state index >= 15 is 0 Å². The molecular formula is C25H26O8. The second kappa shape index (κ2) is 11.4. The van der Waals surface area contributed by atoms with Gasteiger partial charge in [-0.25, -0.2) is 4.79 Å². The van der Waals surface area contributed by atoms with Gasteiger partial charge in [0.25, 0.3) is 0 Å². The average molecular weight is 454 g/mol. The van der Waals surface area contributed by atoms with Gasteiger partial charge in [-0.2, -0.15) is 0 Å². The second-order valence-corrected chi connectivity index (χ2v) is 6.80. The summed E-state index contributed by atoms with van der Waals surface area (Å²) in [4.78, 5) is 23.7. The number of phenolic OH excluding ortho intramolecular Hbond substituents is 3. The number of benzene rings is 3. The topological polar surface area (TPSA) is 123 Å². The fraction of sp³-hybridized carbons (Fsp3) is 0.200. The molecule has 0 atom stereocenters. The minimum absolute atomic E-state index is 0.0759. The number of esters is 1. The first-order chi connectivity index (χ1) is 15.7. The summed E-state index contributed by atoms with van der Waals surface area (Å²) in [6.45, 7) is 3.55. The van der Waals surface area contributed by atoms with E-state index in [-0.39, 0.29) is 46.5 Å². The Kier molecular flexibility index (Phi) is 8.68. The molecule has 0 amide bonds. The number of ketones is 1. The van der Waals surface area contributed by atoms with Crippen molar-refractivity contribution in [3.63, 3.8) is 0 Å². The summed E-state index contributed by atoms with van der Waals surface area (Å²) >= 11 is 0. The third kappa shape index (κ3) is 6.16. The third-order valence-corrected chi connectivity index (χ3v) is 4.55. The summed E-state index contributed by atoms with van der Waals surface area (Å²) in [6, 6.07) is 14.2. The summed E-state index contributed by atoms with van der Waals surface area (Å²) in [5.41, 5.74) is 1.21. The highest BCUT2D eigenvalue weighted by Gasteiger charge is 2.20. The Morgan fingerprint density at radius 1 is 0.848 bits per heavy atom. The first kappa shape index (κ1) is 25.1. The van der Waals surface area contributed by atoms with E-state index in [4.69, 9.17) is 19.3 Å². The number of methoxy groups -OCH3 is 2.